The summed E-state index contributed by atoms with van der Waals surface area (Å²) in [4.78, 5) is 26.4. The van der Waals surface area contributed by atoms with Gasteiger partial charge in [-0.1, -0.05) is 12.1 Å². The number of allylic oxidation sites excluding steroid dienone is 1. The summed E-state index contributed by atoms with van der Waals surface area (Å²) >= 11 is 0. The summed E-state index contributed by atoms with van der Waals surface area (Å²) in [6.45, 7) is 6.91. The third kappa shape index (κ3) is 3.76. The number of nitrogens with one attached hydrogen (secondary N) is 2. The van der Waals surface area contributed by atoms with Gasteiger partial charge in [-0.2, -0.15) is 0 Å². The van der Waals surface area contributed by atoms with E-state index >= 15 is 0 Å². The highest BCUT2D eigenvalue weighted by molar-refractivity contribution is 5.95. The van der Waals surface area contributed by atoms with Crippen LogP contribution in [0.2, 0.25) is 0 Å². The number of amides is 2. The summed E-state index contributed by atoms with van der Waals surface area (Å²) in [7, 11) is 0. The number of morpholine rings is 1. The van der Waals surface area contributed by atoms with Crippen LogP contribution in [0.25, 0.3) is 0 Å². The largest absolute Gasteiger partial charge is 0.463 e. The van der Waals surface area contributed by atoms with Gasteiger partial charge in [-0.25, -0.2) is 9.59 Å². The van der Waals surface area contributed by atoms with Crippen LogP contribution in [0.5, 0.6) is 0 Å². The van der Waals surface area contributed by atoms with Gasteiger partial charge in [-0.3, -0.25) is 0 Å². The van der Waals surface area contributed by atoms with E-state index in [-0.39, 0.29) is 12.6 Å². The van der Waals surface area contributed by atoms with E-state index in [0.717, 1.165) is 37.6 Å². The third-order valence-electron chi connectivity index (χ3n) is 4.37. The Labute approximate surface area is 147 Å². The summed E-state index contributed by atoms with van der Waals surface area (Å²) < 4.78 is 10.5. The van der Waals surface area contributed by atoms with Crippen LogP contribution in [0.3, 0.4) is 0 Å². The molecule has 2 N–H and O–H groups in total. The van der Waals surface area contributed by atoms with Gasteiger partial charge >= 0.3 is 12.0 Å². The molecule has 134 valence electrons. The van der Waals surface area contributed by atoms with Crippen LogP contribution in [0.1, 0.15) is 25.5 Å². The molecule has 0 saturated carbocycles. The van der Waals surface area contributed by atoms with Crippen molar-refractivity contribution in [2.24, 2.45) is 0 Å². The summed E-state index contributed by atoms with van der Waals surface area (Å²) in [5, 5.41) is 5.45. The van der Waals surface area contributed by atoms with Crippen LogP contribution in [0.15, 0.2) is 35.5 Å². The molecule has 1 aromatic rings. The fraction of sp³-hybridized carbons (Fsp3) is 0.444. The van der Waals surface area contributed by atoms with Gasteiger partial charge in [0.05, 0.1) is 31.4 Å². The lowest BCUT2D eigenvalue weighted by Gasteiger charge is -2.30. The van der Waals surface area contributed by atoms with Crippen LogP contribution < -0.4 is 15.5 Å². The standard InChI is InChI=1S/C18H23N3O4/c1-3-25-17(22)15-12(2)19-18(23)20-16(15)13-4-6-14(7-5-13)21-8-10-24-11-9-21/h4-7,16H,3,8-11H2,1-2H3,(H2,19,20,23)/t16-/m0/s1. The second-order valence-electron chi connectivity index (χ2n) is 5.98. The van der Waals surface area contributed by atoms with Gasteiger partial charge < -0.3 is 25.0 Å². The summed E-state index contributed by atoms with van der Waals surface area (Å²) in [5.41, 5.74) is 2.89. The Morgan fingerprint density at radius 2 is 1.96 bits per heavy atom. The molecule has 1 atom stereocenters. The Bertz CT molecular complexity index is 678. The first-order valence-electron chi connectivity index (χ1n) is 8.48. The highest BCUT2D eigenvalue weighted by Crippen LogP contribution is 2.29. The van der Waals surface area contributed by atoms with Gasteiger partial charge in [0.1, 0.15) is 0 Å². The van der Waals surface area contributed by atoms with E-state index in [0.29, 0.717) is 11.3 Å². The third-order valence-corrected chi connectivity index (χ3v) is 4.37. The SMILES string of the molecule is CCOC(=O)C1=C(C)NC(=O)N[C@H]1c1ccc(N2CCOCC2)cc1. The number of urea groups is 1. The van der Waals surface area contributed by atoms with Crippen molar-refractivity contribution in [2.45, 2.75) is 19.9 Å². The van der Waals surface area contributed by atoms with E-state index in [2.05, 4.69) is 15.5 Å². The number of benzene rings is 1. The minimum Gasteiger partial charge on any atom is -0.463 e. The van der Waals surface area contributed by atoms with E-state index in [1.807, 2.05) is 24.3 Å². The van der Waals surface area contributed by atoms with Crippen LogP contribution in [-0.4, -0.2) is 44.9 Å². The van der Waals surface area contributed by atoms with Crippen molar-refractivity contribution in [1.29, 1.82) is 0 Å². The average Bonchev–Trinajstić information content (AvgIpc) is 2.62. The van der Waals surface area contributed by atoms with Crippen molar-refractivity contribution in [2.75, 3.05) is 37.8 Å². The summed E-state index contributed by atoms with van der Waals surface area (Å²) in [6, 6.07) is 7.04. The maximum absolute atomic E-state index is 12.3. The molecular formula is C18H23N3O4. The highest BCUT2D eigenvalue weighted by atomic mass is 16.5. The lowest BCUT2D eigenvalue weighted by atomic mass is 9.95. The lowest BCUT2D eigenvalue weighted by molar-refractivity contribution is -0.139. The van der Waals surface area contributed by atoms with Crippen molar-refractivity contribution in [3.05, 3.63) is 41.1 Å². The minimum absolute atomic E-state index is 0.284. The Balaban J connectivity index is 1.86. The first kappa shape index (κ1) is 17.3. The molecule has 0 aromatic heterocycles. The average molecular weight is 345 g/mol. The summed E-state index contributed by atoms with van der Waals surface area (Å²) in [6.07, 6.45) is 0. The molecule has 0 bridgehead atoms. The van der Waals surface area contributed by atoms with E-state index < -0.39 is 12.0 Å². The monoisotopic (exact) mass is 345 g/mol. The number of ether oxygens (including phenoxy) is 2. The van der Waals surface area contributed by atoms with Crippen molar-refractivity contribution in [1.82, 2.24) is 10.6 Å². The van der Waals surface area contributed by atoms with Gasteiger partial charge in [0.25, 0.3) is 0 Å². The van der Waals surface area contributed by atoms with Crippen molar-refractivity contribution >= 4 is 17.7 Å². The number of anilines is 1. The molecule has 2 aliphatic rings. The number of nitrogens with zero attached hydrogens (tertiary/aromatic N) is 1. The van der Waals surface area contributed by atoms with Gasteiger partial charge in [0, 0.05) is 24.5 Å². The Hall–Kier alpha value is -2.54. The first-order valence-corrected chi connectivity index (χ1v) is 8.48. The fourth-order valence-corrected chi connectivity index (χ4v) is 3.12. The van der Waals surface area contributed by atoms with E-state index in [1.165, 1.54) is 0 Å². The molecule has 25 heavy (non-hydrogen) atoms. The molecule has 0 radical (unpaired) electrons. The predicted molar refractivity (Wildman–Crippen MR) is 93.2 cm³/mol. The van der Waals surface area contributed by atoms with E-state index in [4.69, 9.17) is 9.47 Å². The summed E-state index contributed by atoms with van der Waals surface area (Å²) in [5.74, 6) is -0.422. The second-order valence-corrected chi connectivity index (χ2v) is 5.98. The Kier molecular flexibility index (Phi) is 5.23. The molecule has 2 aliphatic heterocycles. The maximum atomic E-state index is 12.3. The van der Waals surface area contributed by atoms with Gasteiger partial charge in [0.15, 0.2) is 0 Å². The molecule has 0 spiro atoms. The molecule has 2 heterocycles. The minimum atomic E-state index is -0.522. The molecule has 7 heteroatoms. The van der Waals surface area contributed by atoms with Crippen LogP contribution >= 0.6 is 0 Å². The molecular weight excluding hydrogens is 322 g/mol. The van der Waals surface area contributed by atoms with E-state index in [1.54, 1.807) is 13.8 Å². The second kappa shape index (κ2) is 7.57. The number of hydrogen-bond acceptors (Lipinski definition) is 5. The number of hydrogen-bond donors (Lipinski definition) is 2. The maximum Gasteiger partial charge on any atom is 0.338 e. The smallest absolute Gasteiger partial charge is 0.338 e. The molecule has 1 saturated heterocycles. The Morgan fingerprint density at radius 1 is 1.28 bits per heavy atom. The number of esters is 1. The lowest BCUT2D eigenvalue weighted by Crippen LogP contribution is -2.45. The molecule has 0 unspecified atom stereocenters. The highest BCUT2D eigenvalue weighted by Gasteiger charge is 2.32. The van der Waals surface area contributed by atoms with Crippen molar-refractivity contribution < 1.29 is 19.1 Å². The van der Waals surface area contributed by atoms with E-state index in [9.17, 15) is 9.59 Å². The molecule has 7 nitrogen and oxygen atoms in total. The molecule has 1 aromatic carbocycles. The van der Waals surface area contributed by atoms with Crippen molar-refractivity contribution in [3.8, 4) is 0 Å². The quantitative estimate of drug-likeness (QED) is 0.812. The zero-order valence-electron chi connectivity index (χ0n) is 14.5. The Morgan fingerprint density at radius 3 is 2.60 bits per heavy atom. The zero-order valence-corrected chi connectivity index (χ0v) is 14.5. The van der Waals surface area contributed by atoms with Gasteiger partial charge in [-0.05, 0) is 31.5 Å². The van der Waals surface area contributed by atoms with Crippen molar-refractivity contribution in [3.63, 3.8) is 0 Å². The molecule has 1 fully saturated rings. The molecule has 2 amide bonds. The van der Waals surface area contributed by atoms with Gasteiger partial charge in [0.2, 0.25) is 0 Å². The topological polar surface area (TPSA) is 79.9 Å². The number of rotatable bonds is 4. The van der Waals surface area contributed by atoms with Crippen LogP contribution in [0.4, 0.5) is 10.5 Å². The van der Waals surface area contributed by atoms with Crippen LogP contribution in [-0.2, 0) is 14.3 Å². The fourth-order valence-electron chi connectivity index (χ4n) is 3.12. The van der Waals surface area contributed by atoms with Crippen LogP contribution in [0, 0.1) is 0 Å². The molecule has 0 aliphatic carbocycles. The zero-order chi connectivity index (χ0) is 17.8. The number of carbonyl (C=O) groups excluding carboxylic acids is 2. The number of carbonyl (C=O) groups is 2. The first-order chi connectivity index (χ1) is 12.1. The normalized spacial score (nSPS) is 20.8. The predicted octanol–water partition coefficient (Wildman–Crippen LogP) is 1.71. The van der Waals surface area contributed by atoms with Gasteiger partial charge in [-0.15, -0.1) is 0 Å². The molecule has 3 rings (SSSR count).